The van der Waals surface area contributed by atoms with Gasteiger partial charge in [-0.1, -0.05) is 15.9 Å². The number of aliphatic carboxylic acids is 1. The molecule has 5 nitrogen and oxygen atoms in total. The van der Waals surface area contributed by atoms with Crippen LogP contribution in [-0.2, 0) is 11.3 Å². The van der Waals surface area contributed by atoms with Crippen molar-refractivity contribution in [1.29, 1.82) is 0 Å². The van der Waals surface area contributed by atoms with E-state index in [4.69, 9.17) is 14.6 Å². The van der Waals surface area contributed by atoms with Gasteiger partial charge in [0.1, 0.15) is 0 Å². The van der Waals surface area contributed by atoms with Crippen molar-refractivity contribution < 1.29 is 19.4 Å². The number of nitrogens with zero attached hydrogens (tertiary/aromatic N) is 1. The summed E-state index contributed by atoms with van der Waals surface area (Å²) < 4.78 is 12.6. The van der Waals surface area contributed by atoms with Gasteiger partial charge in [0.15, 0.2) is 11.5 Å². The van der Waals surface area contributed by atoms with E-state index in [1.807, 2.05) is 6.07 Å². The second kappa shape index (κ2) is 8.21. The van der Waals surface area contributed by atoms with Crippen LogP contribution in [0.2, 0.25) is 0 Å². The number of fused-ring (bicyclic) bond motifs is 1. The predicted molar refractivity (Wildman–Crippen MR) is 94.6 cm³/mol. The summed E-state index contributed by atoms with van der Waals surface area (Å²) in [6.45, 7) is 4.25. The molecule has 6 heteroatoms. The molecule has 24 heavy (non-hydrogen) atoms. The van der Waals surface area contributed by atoms with E-state index in [0.717, 1.165) is 61.3 Å². The summed E-state index contributed by atoms with van der Waals surface area (Å²) in [7, 11) is 0. The maximum absolute atomic E-state index is 10.8. The average molecular weight is 398 g/mol. The molecule has 2 aliphatic heterocycles. The van der Waals surface area contributed by atoms with Gasteiger partial charge in [-0.05, 0) is 49.4 Å². The van der Waals surface area contributed by atoms with Gasteiger partial charge in [0, 0.05) is 30.4 Å². The van der Waals surface area contributed by atoms with Gasteiger partial charge >= 0.3 is 5.97 Å². The van der Waals surface area contributed by atoms with Gasteiger partial charge in [0.05, 0.1) is 13.2 Å². The largest absolute Gasteiger partial charge is 0.490 e. The van der Waals surface area contributed by atoms with E-state index >= 15 is 0 Å². The highest BCUT2D eigenvalue weighted by Crippen LogP contribution is 2.36. The Morgan fingerprint density at radius 1 is 1.25 bits per heavy atom. The zero-order valence-electron chi connectivity index (χ0n) is 13.8. The highest BCUT2D eigenvalue weighted by molar-refractivity contribution is 9.10. The van der Waals surface area contributed by atoms with E-state index in [1.54, 1.807) is 0 Å². The second-order valence-electron chi connectivity index (χ2n) is 6.62. The smallest absolute Gasteiger partial charge is 0.303 e. The first-order chi connectivity index (χ1) is 11.6. The van der Waals surface area contributed by atoms with Crippen LogP contribution in [0.3, 0.4) is 0 Å². The molecule has 2 aliphatic rings. The Morgan fingerprint density at radius 3 is 2.75 bits per heavy atom. The fraction of sp³-hybridized carbons (Fsp3) is 0.611. The normalized spacial score (nSPS) is 21.3. The molecular formula is C18H24BrNO4. The van der Waals surface area contributed by atoms with Gasteiger partial charge in [-0.15, -0.1) is 0 Å². The van der Waals surface area contributed by atoms with E-state index in [9.17, 15) is 4.79 Å². The summed E-state index contributed by atoms with van der Waals surface area (Å²) in [6, 6.07) is 4.08. The van der Waals surface area contributed by atoms with Crippen molar-refractivity contribution in [3.05, 3.63) is 22.2 Å². The van der Waals surface area contributed by atoms with Gasteiger partial charge in [-0.25, -0.2) is 0 Å². The van der Waals surface area contributed by atoms with Crippen molar-refractivity contribution >= 4 is 21.9 Å². The van der Waals surface area contributed by atoms with Crippen molar-refractivity contribution in [2.45, 2.75) is 38.6 Å². The summed E-state index contributed by atoms with van der Waals surface area (Å²) >= 11 is 3.65. The van der Waals surface area contributed by atoms with Crippen molar-refractivity contribution in [3.8, 4) is 11.5 Å². The first kappa shape index (κ1) is 17.5. The molecule has 0 radical (unpaired) electrons. The number of carbonyl (C=O) groups is 1. The Kier molecular flexibility index (Phi) is 6.00. The molecule has 0 bridgehead atoms. The van der Waals surface area contributed by atoms with Crippen LogP contribution >= 0.6 is 15.9 Å². The Labute approximate surface area is 151 Å². The third-order valence-electron chi connectivity index (χ3n) is 4.68. The fourth-order valence-corrected chi connectivity index (χ4v) is 3.89. The lowest BCUT2D eigenvalue weighted by Crippen LogP contribution is -2.35. The van der Waals surface area contributed by atoms with Crippen LogP contribution in [0.1, 0.15) is 37.7 Å². The maximum atomic E-state index is 10.8. The minimum atomic E-state index is -0.697. The zero-order chi connectivity index (χ0) is 16.9. The summed E-state index contributed by atoms with van der Waals surface area (Å²) in [4.78, 5) is 13.2. The average Bonchev–Trinajstić information content (AvgIpc) is 2.78. The van der Waals surface area contributed by atoms with Crippen molar-refractivity contribution in [3.63, 3.8) is 0 Å². The maximum Gasteiger partial charge on any atom is 0.303 e. The third-order valence-corrected chi connectivity index (χ3v) is 5.42. The van der Waals surface area contributed by atoms with Gasteiger partial charge < -0.3 is 14.6 Å². The monoisotopic (exact) mass is 397 g/mol. The number of rotatable bonds is 5. The van der Waals surface area contributed by atoms with Crippen LogP contribution in [0.4, 0.5) is 0 Å². The first-order valence-corrected chi connectivity index (χ1v) is 9.43. The highest BCUT2D eigenvalue weighted by Gasteiger charge is 2.22. The SMILES string of the molecule is O=C(O)CCC1CCCN(Cc2cc3c(cc2Br)OCCCO3)C1. The van der Waals surface area contributed by atoms with E-state index < -0.39 is 5.97 Å². The number of carboxylic acid groups (broad SMARTS) is 1. The van der Waals surface area contributed by atoms with Gasteiger partial charge in [-0.3, -0.25) is 9.69 Å². The molecule has 1 fully saturated rings. The quantitative estimate of drug-likeness (QED) is 0.820. The van der Waals surface area contributed by atoms with E-state index in [1.165, 1.54) is 5.56 Å². The molecule has 1 unspecified atom stereocenters. The number of likely N-dealkylation sites (tertiary alicyclic amines) is 1. The molecular weight excluding hydrogens is 374 g/mol. The number of hydrogen-bond acceptors (Lipinski definition) is 4. The molecule has 1 N–H and O–H groups in total. The van der Waals surface area contributed by atoms with Gasteiger partial charge in [-0.2, -0.15) is 0 Å². The zero-order valence-corrected chi connectivity index (χ0v) is 15.4. The van der Waals surface area contributed by atoms with Crippen LogP contribution in [-0.4, -0.2) is 42.3 Å². The van der Waals surface area contributed by atoms with Crippen LogP contribution in [0.15, 0.2) is 16.6 Å². The minimum Gasteiger partial charge on any atom is -0.490 e. The lowest BCUT2D eigenvalue weighted by atomic mass is 9.93. The molecule has 1 saturated heterocycles. The number of hydrogen-bond donors (Lipinski definition) is 1. The lowest BCUT2D eigenvalue weighted by molar-refractivity contribution is -0.137. The van der Waals surface area contributed by atoms with E-state index in [-0.39, 0.29) is 6.42 Å². The molecule has 1 atom stereocenters. The van der Waals surface area contributed by atoms with Gasteiger partial charge in [0.2, 0.25) is 0 Å². The van der Waals surface area contributed by atoms with Crippen LogP contribution in [0.25, 0.3) is 0 Å². The Morgan fingerprint density at radius 2 is 2.00 bits per heavy atom. The number of benzene rings is 1. The van der Waals surface area contributed by atoms with Crippen molar-refractivity contribution in [2.24, 2.45) is 5.92 Å². The van der Waals surface area contributed by atoms with Crippen LogP contribution in [0, 0.1) is 5.92 Å². The molecule has 1 aromatic rings. The molecule has 0 spiro atoms. The number of carboxylic acids is 1. The predicted octanol–water partition coefficient (Wildman–Crippen LogP) is 3.69. The number of halogens is 1. The van der Waals surface area contributed by atoms with Crippen LogP contribution in [0.5, 0.6) is 11.5 Å². The van der Waals surface area contributed by atoms with Gasteiger partial charge in [0.25, 0.3) is 0 Å². The minimum absolute atomic E-state index is 0.270. The van der Waals surface area contributed by atoms with E-state index in [0.29, 0.717) is 19.1 Å². The fourth-order valence-electron chi connectivity index (χ4n) is 3.45. The summed E-state index contributed by atoms with van der Waals surface area (Å²) in [6.07, 6.45) is 4.21. The Hall–Kier alpha value is -1.27. The molecule has 0 saturated carbocycles. The molecule has 3 rings (SSSR count). The molecule has 0 amide bonds. The Balaban J connectivity index is 1.64. The molecule has 0 aliphatic carbocycles. The van der Waals surface area contributed by atoms with E-state index in [2.05, 4.69) is 26.9 Å². The molecule has 0 aromatic heterocycles. The number of ether oxygens (including phenoxy) is 2. The third kappa shape index (κ3) is 4.63. The van der Waals surface area contributed by atoms with Crippen molar-refractivity contribution in [2.75, 3.05) is 26.3 Å². The summed E-state index contributed by atoms with van der Waals surface area (Å²) in [5.41, 5.74) is 1.19. The van der Waals surface area contributed by atoms with Crippen LogP contribution < -0.4 is 9.47 Å². The Bertz CT molecular complexity index is 593. The highest BCUT2D eigenvalue weighted by atomic mass is 79.9. The second-order valence-corrected chi connectivity index (χ2v) is 7.47. The number of piperidine rings is 1. The molecule has 2 heterocycles. The topological polar surface area (TPSA) is 59.0 Å². The first-order valence-electron chi connectivity index (χ1n) is 8.64. The van der Waals surface area contributed by atoms with Crippen molar-refractivity contribution in [1.82, 2.24) is 4.90 Å². The molecule has 132 valence electrons. The summed E-state index contributed by atoms with van der Waals surface area (Å²) in [5, 5.41) is 8.87. The lowest BCUT2D eigenvalue weighted by Gasteiger charge is -2.33. The molecule has 1 aromatic carbocycles. The summed E-state index contributed by atoms with van der Waals surface area (Å²) in [5.74, 6) is 1.41. The standard InChI is InChI=1S/C18H24BrNO4/c19-15-10-17-16(23-7-2-8-24-17)9-14(15)12-20-6-1-3-13(11-20)4-5-18(21)22/h9-10,13H,1-8,11-12H2,(H,21,22).